The molecule has 1 amide bonds. The van der Waals surface area contributed by atoms with Crippen LogP contribution < -0.4 is 10.6 Å². The van der Waals surface area contributed by atoms with Crippen molar-refractivity contribution in [2.24, 2.45) is 0 Å². The molecule has 1 heterocycles. The SMILES string of the molecule is CC(C)(C)OC(=O)N1CCN(c2ccc(Cc3ccccc3)c(N)c2)CC1. The second kappa shape index (κ2) is 7.91. The third-order valence-corrected chi connectivity index (χ3v) is 4.66. The van der Waals surface area contributed by atoms with Gasteiger partial charge in [0.25, 0.3) is 0 Å². The number of nitrogen functional groups attached to an aromatic ring is 1. The van der Waals surface area contributed by atoms with Gasteiger partial charge < -0.3 is 20.3 Å². The minimum atomic E-state index is -0.461. The first kappa shape index (κ1) is 19.1. The average Bonchev–Trinajstić information content (AvgIpc) is 2.63. The Bertz CT molecular complexity index is 776. The Hall–Kier alpha value is -2.69. The number of rotatable bonds is 3. The molecule has 27 heavy (non-hydrogen) atoms. The summed E-state index contributed by atoms with van der Waals surface area (Å²) >= 11 is 0. The molecule has 3 rings (SSSR count). The van der Waals surface area contributed by atoms with Crippen molar-refractivity contribution in [1.82, 2.24) is 4.90 Å². The lowest BCUT2D eigenvalue weighted by molar-refractivity contribution is 0.0240. The Morgan fingerprint density at radius 2 is 1.70 bits per heavy atom. The van der Waals surface area contributed by atoms with Crippen LogP contribution in [0.25, 0.3) is 0 Å². The van der Waals surface area contributed by atoms with Gasteiger partial charge in [0.2, 0.25) is 0 Å². The van der Waals surface area contributed by atoms with E-state index in [-0.39, 0.29) is 6.09 Å². The van der Waals surface area contributed by atoms with Gasteiger partial charge >= 0.3 is 6.09 Å². The number of anilines is 2. The molecule has 2 N–H and O–H groups in total. The number of ether oxygens (including phenoxy) is 1. The molecule has 2 aromatic carbocycles. The lowest BCUT2D eigenvalue weighted by Crippen LogP contribution is -2.50. The first-order chi connectivity index (χ1) is 12.8. The minimum absolute atomic E-state index is 0.236. The van der Waals surface area contributed by atoms with Crippen LogP contribution in [-0.4, -0.2) is 42.8 Å². The largest absolute Gasteiger partial charge is 0.444 e. The molecular weight excluding hydrogens is 338 g/mol. The normalized spacial score (nSPS) is 14.9. The fourth-order valence-electron chi connectivity index (χ4n) is 3.23. The summed E-state index contributed by atoms with van der Waals surface area (Å²) in [5, 5.41) is 0. The molecule has 0 unspecified atom stereocenters. The molecule has 1 fully saturated rings. The molecule has 0 radical (unpaired) electrons. The van der Waals surface area contributed by atoms with Gasteiger partial charge in [0.05, 0.1) is 0 Å². The molecule has 5 nitrogen and oxygen atoms in total. The summed E-state index contributed by atoms with van der Waals surface area (Å²) < 4.78 is 5.46. The Kier molecular flexibility index (Phi) is 5.59. The predicted molar refractivity (Wildman–Crippen MR) is 110 cm³/mol. The molecule has 0 bridgehead atoms. The lowest BCUT2D eigenvalue weighted by atomic mass is 10.0. The summed E-state index contributed by atoms with van der Waals surface area (Å²) in [6.07, 6.45) is 0.596. The first-order valence-electron chi connectivity index (χ1n) is 9.47. The van der Waals surface area contributed by atoms with Crippen LogP contribution in [-0.2, 0) is 11.2 Å². The Labute approximate surface area is 161 Å². The summed E-state index contributed by atoms with van der Waals surface area (Å²) in [5.74, 6) is 0. The molecule has 0 spiro atoms. The van der Waals surface area contributed by atoms with Crippen molar-refractivity contribution in [3.63, 3.8) is 0 Å². The van der Waals surface area contributed by atoms with E-state index in [1.165, 1.54) is 5.56 Å². The number of piperazine rings is 1. The van der Waals surface area contributed by atoms with Gasteiger partial charge in [-0.15, -0.1) is 0 Å². The van der Waals surface area contributed by atoms with Crippen LogP contribution in [0.2, 0.25) is 0 Å². The highest BCUT2D eigenvalue weighted by Gasteiger charge is 2.26. The summed E-state index contributed by atoms with van der Waals surface area (Å²) in [6.45, 7) is 8.53. The topological polar surface area (TPSA) is 58.8 Å². The highest BCUT2D eigenvalue weighted by Crippen LogP contribution is 2.25. The Morgan fingerprint density at radius 3 is 2.30 bits per heavy atom. The van der Waals surface area contributed by atoms with E-state index in [1.807, 2.05) is 45.0 Å². The Balaban J connectivity index is 1.60. The van der Waals surface area contributed by atoms with E-state index in [4.69, 9.17) is 10.5 Å². The van der Waals surface area contributed by atoms with Gasteiger partial charge in [-0.2, -0.15) is 0 Å². The molecule has 144 valence electrons. The maximum Gasteiger partial charge on any atom is 0.410 e. The second-order valence-electron chi connectivity index (χ2n) is 8.00. The van der Waals surface area contributed by atoms with Crippen LogP contribution in [0.15, 0.2) is 48.5 Å². The fourth-order valence-corrected chi connectivity index (χ4v) is 3.23. The number of hydrogen-bond acceptors (Lipinski definition) is 4. The van der Waals surface area contributed by atoms with Crippen LogP contribution in [0.5, 0.6) is 0 Å². The summed E-state index contributed by atoms with van der Waals surface area (Å²) in [4.78, 5) is 16.2. The van der Waals surface area contributed by atoms with Crippen molar-refractivity contribution >= 4 is 17.5 Å². The van der Waals surface area contributed by atoms with Crippen LogP contribution >= 0.6 is 0 Å². The van der Waals surface area contributed by atoms with Gasteiger partial charge in [-0.25, -0.2) is 4.79 Å². The molecule has 0 saturated carbocycles. The number of carbonyl (C=O) groups excluding carboxylic acids is 1. The minimum Gasteiger partial charge on any atom is -0.444 e. The lowest BCUT2D eigenvalue weighted by Gasteiger charge is -2.37. The van der Waals surface area contributed by atoms with Crippen molar-refractivity contribution in [3.05, 3.63) is 59.7 Å². The van der Waals surface area contributed by atoms with E-state index in [9.17, 15) is 4.79 Å². The van der Waals surface area contributed by atoms with Crippen LogP contribution in [0, 0.1) is 0 Å². The standard InChI is InChI=1S/C22H29N3O2/c1-22(2,3)27-21(26)25-13-11-24(12-14-25)19-10-9-18(20(23)16-19)15-17-7-5-4-6-8-17/h4-10,16H,11-15,23H2,1-3H3. The number of benzene rings is 2. The zero-order chi connectivity index (χ0) is 19.4. The molecule has 2 aromatic rings. The van der Waals surface area contributed by atoms with Gasteiger partial charge in [-0.05, 0) is 50.5 Å². The first-order valence-corrected chi connectivity index (χ1v) is 9.47. The smallest absolute Gasteiger partial charge is 0.410 e. The summed E-state index contributed by atoms with van der Waals surface area (Å²) in [7, 11) is 0. The highest BCUT2D eigenvalue weighted by atomic mass is 16.6. The molecule has 5 heteroatoms. The number of hydrogen-bond donors (Lipinski definition) is 1. The second-order valence-corrected chi connectivity index (χ2v) is 8.00. The van der Waals surface area contributed by atoms with E-state index in [1.54, 1.807) is 4.90 Å². The average molecular weight is 367 g/mol. The predicted octanol–water partition coefficient (Wildman–Crippen LogP) is 3.92. The van der Waals surface area contributed by atoms with Crippen LogP contribution in [0.3, 0.4) is 0 Å². The summed E-state index contributed by atoms with van der Waals surface area (Å²) in [6, 6.07) is 16.6. The fraction of sp³-hybridized carbons (Fsp3) is 0.409. The molecule has 0 aromatic heterocycles. The molecule has 1 saturated heterocycles. The van der Waals surface area contributed by atoms with E-state index >= 15 is 0 Å². The van der Waals surface area contributed by atoms with Gasteiger partial charge in [0, 0.05) is 37.6 Å². The van der Waals surface area contributed by atoms with Crippen molar-refractivity contribution in [2.45, 2.75) is 32.8 Å². The zero-order valence-electron chi connectivity index (χ0n) is 16.4. The maximum atomic E-state index is 12.2. The van der Waals surface area contributed by atoms with E-state index < -0.39 is 5.60 Å². The van der Waals surface area contributed by atoms with Crippen molar-refractivity contribution in [3.8, 4) is 0 Å². The van der Waals surface area contributed by atoms with E-state index in [2.05, 4.69) is 29.2 Å². The summed E-state index contributed by atoms with van der Waals surface area (Å²) in [5.41, 5.74) is 10.2. The third kappa shape index (κ3) is 5.16. The molecule has 0 aliphatic carbocycles. The maximum absolute atomic E-state index is 12.2. The van der Waals surface area contributed by atoms with E-state index in [0.29, 0.717) is 13.1 Å². The highest BCUT2D eigenvalue weighted by molar-refractivity contribution is 5.69. The van der Waals surface area contributed by atoms with Crippen molar-refractivity contribution in [2.75, 3.05) is 36.8 Å². The van der Waals surface area contributed by atoms with Gasteiger partial charge in [-0.1, -0.05) is 36.4 Å². The quantitative estimate of drug-likeness (QED) is 0.836. The van der Waals surface area contributed by atoms with Crippen LogP contribution in [0.1, 0.15) is 31.9 Å². The van der Waals surface area contributed by atoms with Crippen LogP contribution in [0.4, 0.5) is 16.2 Å². The van der Waals surface area contributed by atoms with Gasteiger partial charge in [0.1, 0.15) is 5.60 Å². The molecule has 0 atom stereocenters. The van der Waals surface area contributed by atoms with Gasteiger partial charge in [0.15, 0.2) is 0 Å². The number of nitrogens with zero attached hydrogens (tertiary/aromatic N) is 2. The molecule has 1 aliphatic heterocycles. The third-order valence-electron chi connectivity index (χ3n) is 4.66. The molecule has 1 aliphatic rings. The van der Waals surface area contributed by atoms with E-state index in [0.717, 1.165) is 36.4 Å². The monoisotopic (exact) mass is 367 g/mol. The van der Waals surface area contributed by atoms with Crippen molar-refractivity contribution < 1.29 is 9.53 Å². The van der Waals surface area contributed by atoms with Gasteiger partial charge in [-0.3, -0.25) is 0 Å². The number of amides is 1. The zero-order valence-corrected chi connectivity index (χ0v) is 16.4. The number of nitrogens with two attached hydrogens (primary N) is 1. The molecular formula is C22H29N3O2. The van der Waals surface area contributed by atoms with Crippen molar-refractivity contribution in [1.29, 1.82) is 0 Å². The Morgan fingerprint density at radius 1 is 1.04 bits per heavy atom. The number of carbonyl (C=O) groups is 1.